The van der Waals surface area contributed by atoms with Crippen LogP contribution in [-0.2, 0) is 4.74 Å². The first-order valence-corrected chi connectivity index (χ1v) is 11.3. The summed E-state index contributed by atoms with van der Waals surface area (Å²) in [6.45, 7) is 2.85. The quantitative estimate of drug-likeness (QED) is 0.731. The van der Waals surface area contributed by atoms with E-state index in [2.05, 4.69) is 32.6 Å². The minimum absolute atomic E-state index is 0.326. The average molecular weight is 392 g/mol. The maximum Gasteiger partial charge on any atom is 0.407 e. The van der Waals surface area contributed by atoms with Crippen LogP contribution in [0.25, 0.3) is 0 Å². The molecule has 1 fully saturated rings. The van der Waals surface area contributed by atoms with Crippen molar-refractivity contribution in [2.45, 2.75) is 43.5 Å². The molecule has 0 bridgehead atoms. The van der Waals surface area contributed by atoms with Crippen molar-refractivity contribution in [1.82, 2.24) is 10.0 Å². The van der Waals surface area contributed by atoms with E-state index in [4.69, 9.17) is 9.47 Å². The Kier molecular flexibility index (Phi) is 6.79. The monoisotopic (exact) mass is 391 g/mol. The first-order chi connectivity index (χ1) is 13.2. The highest BCUT2D eigenvalue weighted by Crippen LogP contribution is 2.55. The minimum atomic E-state index is -1.47. The van der Waals surface area contributed by atoms with Crippen LogP contribution in [-0.4, -0.2) is 37.9 Å². The molecule has 3 atom stereocenters. The van der Waals surface area contributed by atoms with Gasteiger partial charge in [-0.05, 0) is 55.4 Å². The van der Waals surface area contributed by atoms with E-state index in [1.807, 2.05) is 30.8 Å². The smallest absolute Gasteiger partial charge is 0.407 e. The Morgan fingerprint density at radius 1 is 1.26 bits per heavy atom. The largest absolute Gasteiger partial charge is 0.497 e. The number of alkyl carbamates (subject to hydrolysis) is 1. The van der Waals surface area contributed by atoms with Gasteiger partial charge in [-0.25, -0.2) is 4.79 Å². The zero-order chi connectivity index (χ0) is 19.1. The SMILES string of the molecule is CCOC(=O)NCC1CCCCC1NS1(c2ccc(OC)cc2)C=CN=C1. The number of carbonyl (C=O) groups excluding carboxylic acids is 1. The van der Waals surface area contributed by atoms with Crippen LogP contribution < -0.4 is 14.8 Å². The Hall–Kier alpha value is -1.99. The standard InChI is InChI=1S/C20H29N3O3S/c1-3-26-20(24)22-14-16-6-4-5-7-19(16)23-27(13-12-21-15-27)18-10-8-17(25-2)9-11-18/h8-13,15-16,19,23H,3-7,14H2,1-2H3,(H,22,24). The molecule has 1 aromatic carbocycles. The van der Waals surface area contributed by atoms with E-state index in [0.717, 1.165) is 18.6 Å². The van der Waals surface area contributed by atoms with Crippen LogP contribution in [0.15, 0.2) is 45.8 Å². The zero-order valence-corrected chi connectivity index (χ0v) is 16.8. The van der Waals surface area contributed by atoms with Crippen LogP contribution in [0, 0.1) is 5.92 Å². The van der Waals surface area contributed by atoms with Crippen molar-refractivity contribution in [2.75, 3.05) is 20.3 Å². The summed E-state index contributed by atoms with van der Waals surface area (Å²) < 4.78 is 14.2. The zero-order valence-electron chi connectivity index (χ0n) is 16.0. The van der Waals surface area contributed by atoms with Crippen molar-refractivity contribution >= 4 is 21.9 Å². The number of rotatable bonds is 7. The first-order valence-electron chi connectivity index (χ1n) is 9.52. The Morgan fingerprint density at radius 2 is 2.04 bits per heavy atom. The molecule has 7 heteroatoms. The molecular formula is C20H29N3O3S. The van der Waals surface area contributed by atoms with Crippen LogP contribution >= 0.6 is 10.2 Å². The van der Waals surface area contributed by atoms with Gasteiger partial charge in [-0.3, -0.25) is 9.71 Å². The van der Waals surface area contributed by atoms with E-state index in [1.165, 1.54) is 17.7 Å². The van der Waals surface area contributed by atoms with E-state index < -0.39 is 10.2 Å². The third-order valence-corrected chi connectivity index (χ3v) is 7.83. The lowest BCUT2D eigenvalue weighted by Crippen LogP contribution is -2.44. The molecule has 3 rings (SSSR count). The number of hydrogen-bond donors (Lipinski definition) is 2. The van der Waals surface area contributed by atoms with Crippen LogP contribution in [0.3, 0.4) is 0 Å². The highest BCUT2D eigenvalue weighted by molar-refractivity contribution is 8.45. The second kappa shape index (κ2) is 9.28. The molecule has 2 N–H and O–H groups in total. The highest BCUT2D eigenvalue weighted by Gasteiger charge is 2.33. The van der Waals surface area contributed by atoms with E-state index in [-0.39, 0.29) is 6.09 Å². The molecule has 1 aromatic rings. The first kappa shape index (κ1) is 19.8. The van der Waals surface area contributed by atoms with Gasteiger partial charge in [0.05, 0.1) is 19.3 Å². The average Bonchev–Trinajstić information content (AvgIpc) is 3.17. The Labute approximate surface area is 162 Å². The number of nitrogens with one attached hydrogen (secondary N) is 2. The van der Waals surface area contributed by atoms with Crippen molar-refractivity contribution in [3.8, 4) is 5.75 Å². The molecule has 27 heavy (non-hydrogen) atoms. The summed E-state index contributed by atoms with van der Waals surface area (Å²) in [5.41, 5.74) is 2.04. The molecule has 3 unspecified atom stereocenters. The van der Waals surface area contributed by atoms with Crippen molar-refractivity contribution in [1.29, 1.82) is 0 Å². The van der Waals surface area contributed by atoms with Gasteiger partial charge in [-0.1, -0.05) is 12.8 Å². The van der Waals surface area contributed by atoms with Crippen molar-refractivity contribution in [2.24, 2.45) is 10.9 Å². The Balaban J connectivity index is 1.73. The summed E-state index contributed by atoms with van der Waals surface area (Å²) in [6.07, 6.45) is 6.14. The summed E-state index contributed by atoms with van der Waals surface area (Å²) in [5.74, 6) is 1.23. The fraction of sp³-hybridized carbons (Fsp3) is 0.500. The van der Waals surface area contributed by atoms with Crippen LogP contribution in [0.4, 0.5) is 4.79 Å². The number of carbonyl (C=O) groups is 1. The number of hydrogen-bond acceptors (Lipinski definition) is 5. The summed E-state index contributed by atoms with van der Waals surface area (Å²) in [5, 5.41) is 5.10. The summed E-state index contributed by atoms with van der Waals surface area (Å²) in [6, 6.07) is 8.53. The molecule has 0 saturated heterocycles. The number of nitrogens with zero attached hydrogens (tertiary/aromatic N) is 1. The summed E-state index contributed by atoms with van der Waals surface area (Å²) in [7, 11) is 0.209. The predicted molar refractivity (Wildman–Crippen MR) is 110 cm³/mol. The molecule has 1 amide bonds. The second-order valence-corrected chi connectivity index (χ2v) is 9.40. The van der Waals surface area contributed by atoms with Gasteiger partial charge < -0.3 is 14.8 Å². The van der Waals surface area contributed by atoms with Crippen molar-refractivity contribution in [3.05, 3.63) is 35.9 Å². The van der Waals surface area contributed by atoms with Crippen molar-refractivity contribution in [3.63, 3.8) is 0 Å². The minimum Gasteiger partial charge on any atom is -0.497 e. The van der Waals surface area contributed by atoms with Gasteiger partial charge in [-0.2, -0.15) is 0 Å². The lowest BCUT2D eigenvalue weighted by Gasteiger charge is -2.41. The van der Waals surface area contributed by atoms with E-state index >= 15 is 0 Å². The van der Waals surface area contributed by atoms with Gasteiger partial charge in [0.25, 0.3) is 0 Å². The maximum absolute atomic E-state index is 11.7. The molecule has 1 aliphatic carbocycles. The molecular weight excluding hydrogens is 362 g/mol. The van der Waals surface area contributed by atoms with Crippen LogP contribution in [0.2, 0.25) is 0 Å². The third-order valence-electron chi connectivity index (χ3n) is 5.08. The van der Waals surface area contributed by atoms with Gasteiger partial charge in [0, 0.05) is 23.7 Å². The molecule has 0 aromatic heterocycles. The van der Waals surface area contributed by atoms with Gasteiger partial charge in [-0.15, -0.1) is 10.2 Å². The Morgan fingerprint density at radius 3 is 2.70 bits per heavy atom. The van der Waals surface area contributed by atoms with E-state index in [1.54, 1.807) is 7.11 Å². The normalized spacial score (nSPS) is 29.1. The highest BCUT2D eigenvalue weighted by atomic mass is 32.3. The van der Waals surface area contributed by atoms with Crippen molar-refractivity contribution < 1.29 is 14.3 Å². The molecule has 6 nitrogen and oxygen atoms in total. The number of ether oxygens (including phenoxy) is 2. The summed E-state index contributed by atoms with van der Waals surface area (Å²) >= 11 is 0. The Bertz CT molecular complexity index is 678. The lowest BCUT2D eigenvalue weighted by atomic mass is 9.85. The number of benzene rings is 1. The third kappa shape index (κ3) is 4.84. The molecule has 1 aliphatic heterocycles. The number of aliphatic imine (C=N–C) groups is 1. The maximum atomic E-state index is 11.7. The molecule has 1 heterocycles. The van der Waals surface area contributed by atoms with Gasteiger partial charge in [0.15, 0.2) is 0 Å². The fourth-order valence-corrected chi connectivity index (χ4v) is 6.18. The van der Waals surface area contributed by atoms with Gasteiger partial charge in [0.1, 0.15) is 5.75 Å². The summed E-state index contributed by atoms with van der Waals surface area (Å²) in [4.78, 5) is 17.3. The van der Waals surface area contributed by atoms with E-state index in [0.29, 0.717) is 25.1 Å². The molecule has 1 saturated carbocycles. The van der Waals surface area contributed by atoms with Crippen LogP contribution in [0.5, 0.6) is 5.75 Å². The van der Waals surface area contributed by atoms with Gasteiger partial charge in [0.2, 0.25) is 0 Å². The predicted octanol–water partition coefficient (Wildman–Crippen LogP) is 4.18. The van der Waals surface area contributed by atoms with Gasteiger partial charge >= 0.3 is 6.09 Å². The number of amides is 1. The molecule has 0 radical (unpaired) electrons. The molecule has 2 aliphatic rings. The topological polar surface area (TPSA) is 72.0 Å². The molecule has 0 spiro atoms. The van der Waals surface area contributed by atoms with E-state index in [9.17, 15) is 4.79 Å². The lowest BCUT2D eigenvalue weighted by molar-refractivity contribution is 0.148. The van der Waals surface area contributed by atoms with Crippen LogP contribution in [0.1, 0.15) is 32.6 Å². The second-order valence-electron chi connectivity index (χ2n) is 6.79. The number of methoxy groups -OCH3 is 1. The molecule has 148 valence electrons. The fourth-order valence-electron chi connectivity index (χ4n) is 3.63.